The quantitative estimate of drug-likeness (QED) is 0.629. The van der Waals surface area contributed by atoms with Crippen molar-refractivity contribution in [3.05, 3.63) is 60.5 Å². The lowest BCUT2D eigenvalue weighted by molar-refractivity contribution is 1.31. The molecule has 1 heterocycles. The summed E-state index contributed by atoms with van der Waals surface area (Å²) >= 11 is 0. The van der Waals surface area contributed by atoms with Crippen molar-refractivity contribution in [2.75, 3.05) is 0 Å². The standard InChI is InChI=1S/C12H11N/c1-2-4-7-11(6-3-1)12-8-5-9-13-10-12/h1,3-10H,2H2. The maximum atomic E-state index is 4.09. The number of nitrogens with zero attached hydrogens (tertiary/aromatic N) is 1. The summed E-state index contributed by atoms with van der Waals surface area (Å²) in [5, 5.41) is 0. The van der Waals surface area contributed by atoms with Crippen LogP contribution in [0.5, 0.6) is 0 Å². The van der Waals surface area contributed by atoms with Crippen molar-refractivity contribution < 1.29 is 0 Å². The first-order valence-electron chi connectivity index (χ1n) is 4.40. The highest BCUT2D eigenvalue weighted by Crippen LogP contribution is 2.16. The van der Waals surface area contributed by atoms with Gasteiger partial charge >= 0.3 is 0 Å². The zero-order valence-corrected chi connectivity index (χ0v) is 7.35. The van der Waals surface area contributed by atoms with Crippen LogP contribution < -0.4 is 0 Å². The van der Waals surface area contributed by atoms with Crippen LogP contribution in [0.3, 0.4) is 0 Å². The maximum absolute atomic E-state index is 4.09. The highest BCUT2D eigenvalue weighted by atomic mass is 14.6. The summed E-state index contributed by atoms with van der Waals surface area (Å²) in [6.45, 7) is 0. The molecule has 0 unspecified atom stereocenters. The van der Waals surface area contributed by atoms with Gasteiger partial charge in [0.15, 0.2) is 0 Å². The van der Waals surface area contributed by atoms with Crippen LogP contribution in [0.1, 0.15) is 12.0 Å². The van der Waals surface area contributed by atoms with E-state index in [2.05, 4.69) is 41.4 Å². The van der Waals surface area contributed by atoms with E-state index in [1.807, 2.05) is 12.3 Å². The van der Waals surface area contributed by atoms with Gasteiger partial charge in [0, 0.05) is 12.4 Å². The van der Waals surface area contributed by atoms with Crippen molar-refractivity contribution >= 4 is 5.57 Å². The Kier molecular flexibility index (Phi) is 2.37. The minimum atomic E-state index is 1.01. The van der Waals surface area contributed by atoms with Gasteiger partial charge in [-0.1, -0.05) is 36.4 Å². The molecule has 0 saturated carbocycles. The Morgan fingerprint density at radius 3 is 3.08 bits per heavy atom. The first kappa shape index (κ1) is 7.99. The minimum absolute atomic E-state index is 1.01. The normalized spacial score (nSPS) is 15.2. The van der Waals surface area contributed by atoms with Gasteiger partial charge in [0.05, 0.1) is 0 Å². The Morgan fingerprint density at radius 2 is 2.23 bits per heavy atom. The largest absolute Gasteiger partial charge is 0.264 e. The van der Waals surface area contributed by atoms with Crippen LogP contribution in [-0.2, 0) is 0 Å². The first-order chi connectivity index (χ1) is 6.47. The average Bonchev–Trinajstić information content (AvgIpc) is 2.47. The van der Waals surface area contributed by atoms with Crippen molar-refractivity contribution in [3.8, 4) is 0 Å². The molecule has 0 bridgehead atoms. The van der Waals surface area contributed by atoms with Gasteiger partial charge in [-0.25, -0.2) is 0 Å². The van der Waals surface area contributed by atoms with Crippen molar-refractivity contribution in [1.82, 2.24) is 4.98 Å². The van der Waals surface area contributed by atoms with Gasteiger partial charge in [0.1, 0.15) is 0 Å². The van der Waals surface area contributed by atoms with E-state index in [1.165, 1.54) is 11.1 Å². The number of allylic oxidation sites excluding steroid dienone is 6. The molecule has 0 aliphatic heterocycles. The van der Waals surface area contributed by atoms with Gasteiger partial charge in [0.25, 0.3) is 0 Å². The van der Waals surface area contributed by atoms with Crippen LogP contribution in [0.15, 0.2) is 54.9 Å². The molecular weight excluding hydrogens is 158 g/mol. The lowest BCUT2D eigenvalue weighted by Gasteiger charge is -1.98. The van der Waals surface area contributed by atoms with Crippen LogP contribution in [0, 0.1) is 0 Å². The molecule has 0 saturated heterocycles. The monoisotopic (exact) mass is 169 g/mol. The lowest BCUT2D eigenvalue weighted by atomic mass is 10.1. The van der Waals surface area contributed by atoms with Crippen LogP contribution in [-0.4, -0.2) is 4.98 Å². The van der Waals surface area contributed by atoms with Gasteiger partial charge in [0.2, 0.25) is 0 Å². The summed E-state index contributed by atoms with van der Waals surface area (Å²) in [7, 11) is 0. The van der Waals surface area contributed by atoms with Gasteiger partial charge in [-0.3, -0.25) is 4.98 Å². The summed E-state index contributed by atoms with van der Waals surface area (Å²) in [5.74, 6) is 0. The Labute approximate surface area is 78.1 Å². The van der Waals surface area contributed by atoms with E-state index < -0.39 is 0 Å². The average molecular weight is 169 g/mol. The third-order valence-corrected chi connectivity index (χ3v) is 1.98. The molecule has 1 aromatic rings. The van der Waals surface area contributed by atoms with Crippen molar-refractivity contribution in [3.63, 3.8) is 0 Å². The molecule has 0 fully saturated rings. The molecule has 64 valence electrons. The fraction of sp³-hybridized carbons (Fsp3) is 0.0833. The van der Waals surface area contributed by atoms with E-state index >= 15 is 0 Å². The van der Waals surface area contributed by atoms with Gasteiger partial charge in [-0.2, -0.15) is 0 Å². The predicted molar refractivity (Wildman–Crippen MR) is 55.1 cm³/mol. The summed E-state index contributed by atoms with van der Waals surface area (Å²) in [4.78, 5) is 4.09. The van der Waals surface area contributed by atoms with E-state index in [9.17, 15) is 0 Å². The van der Waals surface area contributed by atoms with E-state index in [1.54, 1.807) is 6.20 Å². The molecule has 1 aromatic heterocycles. The fourth-order valence-electron chi connectivity index (χ4n) is 1.31. The van der Waals surface area contributed by atoms with Crippen LogP contribution in [0.25, 0.3) is 5.57 Å². The van der Waals surface area contributed by atoms with Crippen molar-refractivity contribution in [2.45, 2.75) is 6.42 Å². The molecule has 0 aromatic carbocycles. The molecule has 1 nitrogen and oxygen atoms in total. The van der Waals surface area contributed by atoms with Crippen LogP contribution in [0.4, 0.5) is 0 Å². The first-order valence-corrected chi connectivity index (χ1v) is 4.40. The Bertz CT molecular complexity index is 358. The molecule has 0 spiro atoms. The molecule has 0 N–H and O–H groups in total. The molecule has 13 heavy (non-hydrogen) atoms. The number of pyridine rings is 1. The third kappa shape index (κ3) is 1.94. The van der Waals surface area contributed by atoms with Crippen molar-refractivity contribution in [2.24, 2.45) is 0 Å². The third-order valence-electron chi connectivity index (χ3n) is 1.98. The van der Waals surface area contributed by atoms with E-state index in [0.29, 0.717) is 0 Å². The van der Waals surface area contributed by atoms with Crippen LogP contribution in [0.2, 0.25) is 0 Å². The lowest BCUT2D eigenvalue weighted by Crippen LogP contribution is -1.80. The molecule has 1 aliphatic rings. The smallest absolute Gasteiger partial charge is 0.0346 e. The molecule has 0 atom stereocenters. The highest BCUT2D eigenvalue weighted by Gasteiger charge is 1.96. The second kappa shape index (κ2) is 3.85. The molecule has 1 heteroatoms. The zero-order chi connectivity index (χ0) is 8.93. The SMILES string of the molecule is C1=CCC=CC(c2cccnc2)=C1. The van der Waals surface area contributed by atoms with Gasteiger partial charge in [-0.05, 0) is 23.6 Å². The molecule has 2 rings (SSSR count). The van der Waals surface area contributed by atoms with E-state index in [0.717, 1.165) is 6.42 Å². The summed E-state index contributed by atoms with van der Waals surface area (Å²) in [6.07, 6.45) is 15.3. The van der Waals surface area contributed by atoms with E-state index in [-0.39, 0.29) is 0 Å². The summed E-state index contributed by atoms with van der Waals surface area (Å²) < 4.78 is 0. The number of aromatic nitrogens is 1. The minimum Gasteiger partial charge on any atom is -0.264 e. The summed E-state index contributed by atoms with van der Waals surface area (Å²) in [6, 6.07) is 4.03. The predicted octanol–water partition coefficient (Wildman–Crippen LogP) is 2.98. The fourth-order valence-corrected chi connectivity index (χ4v) is 1.31. The Balaban J connectivity index is 2.36. The second-order valence-electron chi connectivity index (χ2n) is 2.93. The Hall–Kier alpha value is -1.63. The Morgan fingerprint density at radius 1 is 1.23 bits per heavy atom. The van der Waals surface area contributed by atoms with Gasteiger partial charge in [-0.15, -0.1) is 0 Å². The maximum Gasteiger partial charge on any atom is 0.0346 e. The molecular formula is C12H11N. The molecule has 0 amide bonds. The summed E-state index contributed by atoms with van der Waals surface area (Å²) in [5.41, 5.74) is 2.40. The number of hydrogen-bond acceptors (Lipinski definition) is 1. The highest BCUT2D eigenvalue weighted by molar-refractivity contribution is 5.75. The van der Waals surface area contributed by atoms with Crippen molar-refractivity contribution in [1.29, 1.82) is 0 Å². The molecule has 0 radical (unpaired) electrons. The van der Waals surface area contributed by atoms with Crippen LogP contribution >= 0.6 is 0 Å². The molecule has 1 aliphatic carbocycles. The zero-order valence-electron chi connectivity index (χ0n) is 7.35. The number of hydrogen-bond donors (Lipinski definition) is 0. The number of rotatable bonds is 1. The topological polar surface area (TPSA) is 12.9 Å². The van der Waals surface area contributed by atoms with Gasteiger partial charge < -0.3 is 0 Å². The second-order valence-corrected chi connectivity index (χ2v) is 2.93. The van der Waals surface area contributed by atoms with E-state index in [4.69, 9.17) is 0 Å².